The molecular weight excluding hydrogens is 558 g/mol. The van der Waals surface area contributed by atoms with Crippen LogP contribution in [0.1, 0.15) is 43.8 Å². The Morgan fingerprint density at radius 1 is 0.814 bits per heavy atom. The number of carbonyl (C=O) groups is 3. The smallest absolute Gasteiger partial charge is 0.379 e. The van der Waals surface area contributed by atoms with Crippen LogP contribution in [0.2, 0.25) is 0 Å². The number of benzene rings is 3. The average molecular weight is 588 g/mol. The normalized spacial score (nSPS) is 10.6. The number of hydrogen-bond acceptors (Lipinski definition) is 10. The molecule has 1 heterocycles. The van der Waals surface area contributed by atoms with Crippen molar-refractivity contribution in [1.29, 1.82) is 0 Å². The van der Waals surface area contributed by atoms with Crippen LogP contribution in [0.15, 0.2) is 82.5 Å². The van der Waals surface area contributed by atoms with Gasteiger partial charge in [-0.25, -0.2) is 10.2 Å². The summed E-state index contributed by atoms with van der Waals surface area (Å²) in [5, 5.41) is 6.77. The Morgan fingerprint density at radius 3 is 2.23 bits per heavy atom. The van der Waals surface area contributed by atoms with Crippen LogP contribution in [0.5, 0.6) is 28.7 Å². The van der Waals surface area contributed by atoms with Crippen LogP contribution >= 0.6 is 0 Å². The molecular formula is C31H29N3O9. The van der Waals surface area contributed by atoms with Crippen molar-refractivity contribution < 1.29 is 42.5 Å². The molecule has 0 saturated heterocycles. The van der Waals surface area contributed by atoms with Crippen LogP contribution in [0.25, 0.3) is 0 Å². The summed E-state index contributed by atoms with van der Waals surface area (Å²) < 4.78 is 32.0. The molecule has 4 aromatic rings. The predicted octanol–water partition coefficient (Wildman–Crippen LogP) is 4.94. The number of amides is 2. The van der Waals surface area contributed by atoms with Gasteiger partial charge in [0.15, 0.2) is 23.0 Å². The Hall–Kier alpha value is -5.78. The quantitative estimate of drug-likeness (QED) is 0.102. The van der Waals surface area contributed by atoms with Crippen molar-refractivity contribution in [3.05, 3.63) is 95.4 Å². The summed E-state index contributed by atoms with van der Waals surface area (Å²) in [6, 6.07) is 17.3. The van der Waals surface area contributed by atoms with E-state index in [0.717, 1.165) is 0 Å². The number of hydrogen-bond donors (Lipinski definition) is 2. The Kier molecular flexibility index (Phi) is 9.98. The molecule has 0 spiro atoms. The van der Waals surface area contributed by atoms with E-state index in [1.54, 1.807) is 49.4 Å². The fourth-order valence-corrected chi connectivity index (χ4v) is 3.89. The lowest BCUT2D eigenvalue weighted by Crippen LogP contribution is -2.18. The van der Waals surface area contributed by atoms with Crippen molar-refractivity contribution in [2.45, 2.75) is 6.92 Å². The lowest BCUT2D eigenvalue weighted by molar-refractivity contribution is 0.0694. The summed E-state index contributed by atoms with van der Waals surface area (Å²) in [6.07, 6.45) is 2.78. The number of hydrazone groups is 1. The number of esters is 1. The average Bonchev–Trinajstić information content (AvgIpc) is 3.57. The van der Waals surface area contributed by atoms with Crippen LogP contribution in [-0.2, 0) is 0 Å². The molecule has 222 valence electrons. The Morgan fingerprint density at radius 2 is 1.58 bits per heavy atom. The lowest BCUT2D eigenvalue weighted by atomic mass is 10.1. The first-order valence-electron chi connectivity index (χ1n) is 12.9. The third kappa shape index (κ3) is 7.50. The molecule has 0 unspecified atom stereocenters. The van der Waals surface area contributed by atoms with E-state index in [1.807, 2.05) is 0 Å². The van der Waals surface area contributed by atoms with Gasteiger partial charge in [0.25, 0.3) is 11.8 Å². The third-order valence-corrected chi connectivity index (χ3v) is 5.88. The molecule has 1 aromatic heterocycles. The number of methoxy groups -OCH3 is 3. The number of nitrogens with one attached hydrogen (secondary N) is 2. The van der Waals surface area contributed by atoms with Gasteiger partial charge in [0.1, 0.15) is 0 Å². The van der Waals surface area contributed by atoms with E-state index in [-0.39, 0.29) is 22.6 Å². The molecule has 2 N–H and O–H groups in total. The van der Waals surface area contributed by atoms with E-state index in [4.69, 9.17) is 28.1 Å². The SMILES string of the molecule is CCOc1cc(C=NNC(=O)c2cccc(NC(=O)c3cc(OC)c(OC)c(OC)c3)c2)ccc1OC(=O)c1ccco1. The molecule has 2 amide bonds. The summed E-state index contributed by atoms with van der Waals surface area (Å²) in [5.41, 5.74) is 3.94. The van der Waals surface area contributed by atoms with Crippen LogP contribution in [0.3, 0.4) is 0 Å². The minimum atomic E-state index is -0.665. The van der Waals surface area contributed by atoms with E-state index in [9.17, 15) is 14.4 Å². The number of ether oxygens (including phenoxy) is 5. The van der Waals surface area contributed by atoms with Gasteiger partial charge in [-0.2, -0.15) is 5.10 Å². The van der Waals surface area contributed by atoms with Gasteiger partial charge in [-0.1, -0.05) is 6.07 Å². The molecule has 0 fully saturated rings. The largest absolute Gasteiger partial charge is 0.493 e. The highest BCUT2D eigenvalue weighted by molar-refractivity contribution is 6.06. The van der Waals surface area contributed by atoms with Crippen molar-refractivity contribution in [2.24, 2.45) is 5.10 Å². The molecule has 0 saturated carbocycles. The standard InChI is InChI=1S/C31H29N3O9/c1-5-41-25-14-19(11-12-23(25)43-31(37)24-10-7-13-42-24)18-32-34-30(36)20-8-6-9-22(15-20)33-29(35)21-16-26(38-2)28(40-4)27(17-21)39-3/h6-18H,5H2,1-4H3,(H,33,35)(H,34,36). The molecule has 0 radical (unpaired) electrons. The Labute approximate surface area is 247 Å². The zero-order chi connectivity index (χ0) is 30.8. The van der Waals surface area contributed by atoms with Crippen molar-refractivity contribution >= 4 is 29.7 Å². The van der Waals surface area contributed by atoms with E-state index in [2.05, 4.69) is 15.8 Å². The first-order valence-corrected chi connectivity index (χ1v) is 12.9. The highest BCUT2D eigenvalue weighted by Gasteiger charge is 2.18. The second kappa shape index (κ2) is 14.2. The van der Waals surface area contributed by atoms with Crippen molar-refractivity contribution in [3.63, 3.8) is 0 Å². The van der Waals surface area contributed by atoms with Gasteiger partial charge in [0, 0.05) is 16.8 Å². The molecule has 12 nitrogen and oxygen atoms in total. The van der Waals surface area contributed by atoms with E-state index in [0.29, 0.717) is 40.9 Å². The van der Waals surface area contributed by atoms with Gasteiger partial charge >= 0.3 is 5.97 Å². The molecule has 4 rings (SSSR count). The first-order chi connectivity index (χ1) is 20.9. The Bertz CT molecular complexity index is 1610. The predicted molar refractivity (Wildman–Crippen MR) is 157 cm³/mol. The van der Waals surface area contributed by atoms with Crippen molar-refractivity contribution in [3.8, 4) is 28.7 Å². The minimum Gasteiger partial charge on any atom is -0.493 e. The molecule has 0 atom stereocenters. The number of anilines is 1. The van der Waals surface area contributed by atoms with Gasteiger partial charge in [0.05, 0.1) is 40.4 Å². The molecule has 12 heteroatoms. The molecule has 0 aliphatic heterocycles. The van der Waals surface area contributed by atoms with Crippen LogP contribution in [0.4, 0.5) is 5.69 Å². The van der Waals surface area contributed by atoms with Gasteiger partial charge < -0.3 is 33.4 Å². The molecule has 43 heavy (non-hydrogen) atoms. The summed E-state index contributed by atoms with van der Waals surface area (Å²) >= 11 is 0. The number of furan rings is 1. The lowest BCUT2D eigenvalue weighted by Gasteiger charge is -2.14. The van der Waals surface area contributed by atoms with Gasteiger partial charge in [0.2, 0.25) is 11.5 Å². The highest BCUT2D eigenvalue weighted by atomic mass is 16.6. The molecule has 3 aromatic carbocycles. The summed E-state index contributed by atoms with van der Waals surface area (Å²) in [4.78, 5) is 38.0. The monoisotopic (exact) mass is 587 g/mol. The zero-order valence-corrected chi connectivity index (χ0v) is 23.8. The minimum absolute atomic E-state index is 0.0561. The summed E-state index contributed by atoms with van der Waals surface area (Å²) in [7, 11) is 4.38. The summed E-state index contributed by atoms with van der Waals surface area (Å²) in [6.45, 7) is 2.12. The summed E-state index contributed by atoms with van der Waals surface area (Å²) in [5.74, 6) is -0.0243. The fourth-order valence-electron chi connectivity index (χ4n) is 3.89. The topological polar surface area (TPSA) is 147 Å². The highest BCUT2D eigenvalue weighted by Crippen LogP contribution is 2.38. The van der Waals surface area contributed by atoms with Gasteiger partial charge in [-0.05, 0) is 73.2 Å². The maximum Gasteiger partial charge on any atom is 0.379 e. The zero-order valence-electron chi connectivity index (χ0n) is 23.8. The van der Waals surface area contributed by atoms with Crippen molar-refractivity contribution in [1.82, 2.24) is 5.43 Å². The number of nitrogens with zero attached hydrogens (tertiary/aromatic N) is 1. The van der Waals surface area contributed by atoms with Crippen LogP contribution in [-0.4, -0.2) is 51.9 Å². The second-order valence-corrected chi connectivity index (χ2v) is 8.65. The van der Waals surface area contributed by atoms with Gasteiger partial charge in [-0.3, -0.25) is 9.59 Å². The van der Waals surface area contributed by atoms with Crippen molar-refractivity contribution in [2.75, 3.05) is 33.3 Å². The first kappa shape index (κ1) is 30.2. The van der Waals surface area contributed by atoms with E-state index < -0.39 is 17.8 Å². The Balaban J connectivity index is 1.41. The maximum atomic E-state index is 12.9. The number of rotatable bonds is 12. The number of carbonyl (C=O) groups excluding carboxylic acids is 3. The molecule has 0 aliphatic carbocycles. The maximum absolute atomic E-state index is 12.9. The van der Waals surface area contributed by atoms with Gasteiger partial charge in [-0.15, -0.1) is 0 Å². The molecule has 0 aliphatic rings. The van der Waals surface area contributed by atoms with Crippen LogP contribution in [0, 0.1) is 0 Å². The fraction of sp³-hybridized carbons (Fsp3) is 0.161. The third-order valence-electron chi connectivity index (χ3n) is 5.88. The second-order valence-electron chi connectivity index (χ2n) is 8.65. The van der Waals surface area contributed by atoms with Crippen LogP contribution < -0.4 is 34.4 Å². The van der Waals surface area contributed by atoms with E-state index in [1.165, 1.54) is 58.1 Å². The molecule has 0 bridgehead atoms. The van der Waals surface area contributed by atoms with E-state index >= 15 is 0 Å².